The second kappa shape index (κ2) is 5.63. The van der Waals surface area contributed by atoms with E-state index in [2.05, 4.69) is 47.7 Å². The van der Waals surface area contributed by atoms with Crippen molar-refractivity contribution < 1.29 is 0 Å². The Hall–Kier alpha value is -1.20. The van der Waals surface area contributed by atoms with E-state index in [1.807, 2.05) is 17.8 Å². The molecule has 0 aromatic carbocycles. The number of rotatable bonds is 5. The Labute approximate surface area is 112 Å². The standard InChI is InChI=1S/C13H20N4S/c1-5-14-12(13-16-10(4)8-18-13)11-6-15-17(7-11)9(2)3/h6-9,12,14H,5H2,1-4H3. The van der Waals surface area contributed by atoms with Crippen LogP contribution in [-0.2, 0) is 0 Å². The molecule has 98 valence electrons. The number of thiazole rings is 1. The van der Waals surface area contributed by atoms with Crippen molar-refractivity contribution in [2.24, 2.45) is 0 Å². The first-order valence-corrected chi connectivity index (χ1v) is 7.19. The minimum Gasteiger partial charge on any atom is -0.304 e. The lowest BCUT2D eigenvalue weighted by atomic mass is 10.1. The third-order valence-electron chi connectivity index (χ3n) is 2.78. The van der Waals surface area contributed by atoms with Gasteiger partial charge in [0.05, 0.1) is 12.2 Å². The van der Waals surface area contributed by atoms with Gasteiger partial charge in [-0.3, -0.25) is 4.68 Å². The van der Waals surface area contributed by atoms with E-state index < -0.39 is 0 Å². The van der Waals surface area contributed by atoms with Crippen molar-refractivity contribution in [2.45, 2.75) is 39.8 Å². The van der Waals surface area contributed by atoms with Crippen LogP contribution in [0.1, 0.15) is 49.1 Å². The molecular weight excluding hydrogens is 244 g/mol. The van der Waals surface area contributed by atoms with Gasteiger partial charge >= 0.3 is 0 Å². The molecule has 0 saturated carbocycles. The highest BCUT2D eigenvalue weighted by molar-refractivity contribution is 7.09. The third-order valence-corrected chi connectivity index (χ3v) is 3.80. The second-order valence-corrected chi connectivity index (χ2v) is 5.55. The summed E-state index contributed by atoms with van der Waals surface area (Å²) in [6, 6.07) is 0.542. The highest BCUT2D eigenvalue weighted by Gasteiger charge is 2.18. The van der Waals surface area contributed by atoms with Gasteiger partial charge in [-0.25, -0.2) is 4.98 Å². The molecule has 0 aliphatic carbocycles. The SMILES string of the molecule is CCNC(c1cnn(C(C)C)c1)c1nc(C)cs1. The maximum atomic E-state index is 4.58. The van der Waals surface area contributed by atoms with Crippen molar-refractivity contribution in [1.29, 1.82) is 0 Å². The van der Waals surface area contributed by atoms with Crippen molar-refractivity contribution in [3.63, 3.8) is 0 Å². The van der Waals surface area contributed by atoms with Gasteiger partial charge in [-0.2, -0.15) is 5.10 Å². The van der Waals surface area contributed by atoms with Crippen molar-refractivity contribution >= 4 is 11.3 Å². The molecule has 2 heterocycles. The van der Waals surface area contributed by atoms with E-state index in [9.17, 15) is 0 Å². The lowest BCUT2D eigenvalue weighted by Gasteiger charge is -2.13. The maximum absolute atomic E-state index is 4.58. The number of hydrogen-bond donors (Lipinski definition) is 1. The van der Waals surface area contributed by atoms with Gasteiger partial charge in [-0.05, 0) is 27.3 Å². The van der Waals surface area contributed by atoms with Gasteiger partial charge in [-0.15, -0.1) is 11.3 Å². The Morgan fingerprint density at radius 3 is 2.72 bits per heavy atom. The van der Waals surface area contributed by atoms with Gasteiger partial charge in [0.25, 0.3) is 0 Å². The zero-order valence-corrected chi connectivity index (χ0v) is 12.2. The summed E-state index contributed by atoms with van der Waals surface area (Å²) >= 11 is 1.70. The van der Waals surface area contributed by atoms with Gasteiger partial charge in [0, 0.05) is 28.9 Å². The molecule has 0 aliphatic heterocycles. The maximum Gasteiger partial charge on any atom is 0.114 e. The summed E-state index contributed by atoms with van der Waals surface area (Å²) in [4.78, 5) is 4.58. The van der Waals surface area contributed by atoms with Crippen LogP contribution in [0.5, 0.6) is 0 Å². The van der Waals surface area contributed by atoms with Crippen LogP contribution in [0.15, 0.2) is 17.8 Å². The topological polar surface area (TPSA) is 42.7 Å². The first-order valence-electron chi connectivity index (χ1n) is 6.31. The third kappa shape index (κ3) is 2.79. The quantitative estimate of drug-likeness (QED) is 0.903. The molecule has 18 heavy (non-hydrogen) atoms. The average molecular weight is 264 g/mol. The number of aromatic nitrogens is 3. The van der Waals surface area contributed by atoms with E-state index in [1.54, 1.807) is 11.3 Å². The van der Waals surface area contributed by atoms with E-state index in [0.29, 0.717) is 6.04 Å². The molecule has 2 rings (SSSR count). The monoisotopic (exact) mass is 264 g/mol. The summed E-state index contributed by atoms with van der Waals surface area (Å²) in [6.07, 6.45) is 4.04. The molecule has 0 radical (unpaired) electrons. The molecule has 0 saturated heterocycles. The van der Waals surface area contributed by atoms with E-state index in [-0.39, 0.29) is 6.04 Å². The van der Waals surface area contributed by atoms with Crippen molar-refractivity contribution in [3.8, 4) is 0 Å². The lowest BCUT2D eigenvalue weighted by molar-refractivity contribution is 0.530. The van der Waals surface area contributed by atoms with Crippen LogP contribution in [0.3, 0.4) is 0 Å². The molecule has 2 aromatic heterocycles. The fourth-order valence-electron chi connectivity index (χ4n) is 1.84. The Balaban J connectivity index is 2.29. The minimum absolute atomic E-state index is 0.154. The summed E-state index contributed by atoms with van der Waals surface area (Å²) in [7, 11) is 0. The summed E-state index contributed by atoms with van der Waals surface area (Å²) in [5, 5.41) is 11.1. The number of nitrogens with zero attached hydrogens (tertiary/aromatic N) is 3. The van der Waals surface area contributed by atoms with Crippen LogP contribution in [0, 0.1) is 6.92 Å². The highest BCUT2D eigenvalue weighted by atomic mass is 32.1. The molecule has 0 aliphatic rings. The van der Waals surface area contributed by atoms with Gasteiger partial charge in [0.15, 0.2) is 0 Å². The molecule has 0 fully saturated rings. The van der Waals surface area contributed by atoms with Gasteiger partial charge in [-0.1, -0.05) is 6.92 Å². The second-order valence-electron chi connectivity index (χ2n) is 4.67. The lowest BCUT2D eigenvalue weighted by Crippen LogP contribution is -2.21. The van der Waals surface area contributed by atoms with Crippen molar-refractivity contribution in [3.05, 3.63) is 34.0 Å². The summed E-state index contributed by atoms with van der Waals surface area (Å²) in [6.45, 7) is 9.32. The molecule has 1 atom stereocenters. The molecule has 2 aromatic rings. The molecule has 4 nitrogen and oxygen atoms in total. The van der Waals surface area contributed by atoms with Crippen LogP contribution in [-0.4, -0.2) is 21.3 Å². The molecular formula is C13H20N4S. The van der Waals surface area contributed by atoms with Crippen LogP contribution < -0.4 is 5.32 Å². The predicted molar refractivity (Wildman–Crippen MR) is 75.0 cm³/mol. The normalized spacial score (nSPS) is 13.2. The first-order chi connectivity index (χ1) is 8.61. The Morgan fingerprint density at radius 1 is 1.44 bits per heavy atom. The Morgan fingerprint density at radius 2 is 2.22 bits per heavy atom. The number of aryl methyl sites for hydroxylation is 1. The summed E-state index contributed by atoms with van der Waals surface area (Å²) < 4.78 is 1.99. The minimum atomic E-state index is 0.154. The van der Waals surface area contributed by atoms with Crippen molar-refractivity contribution in [2.75, 3.05) is 6.54 Å². The molecule has 0 bridgehead atoms. The van der Waals surface area contributed by atoms with Crippen LogP contribution >= 0.6 is 11.3 Å². The fraction of sp³-hybridized carbons (Fsp3) is 0.538. The zero-order chi connectivity index (χ0) is 13.1. The first kappa shape index (κ1) is 13.2. The van der Waals surface area contributed by atoms with Crippen molar-refractivity contribution in [1.82, 2.24) is 20.1 Å². The van der Waals surface area contributed by atoms with Gasteiger partial charge in [0.1, 0.15) is 5.01 Å². The predicted octanol–water partition coefficient (Wildman–Crippen LogP) is 2.93. The number of nitrogens with one attached hydrogen (secondary N) is 1. The largest absolute Gasteiger partial charge is 0.304 e. The van der Waals surface area contributed by atoms with Crippen LogP contribution in [0.25, 0.3) is 0 Å². The Kier molecular flexibility index (Phi) is 4.14. The highest BCUT2D eigenvalue weighted by Crippen LogP contribution is 2.25. The zero-order valence-electron chi connectivity index (χ0n) is 11.3. The molecule has 0 amide bonds. The van der Waals surface area contributed by atoms with E-state index in [1.165, 1.54) is 5.56 Å². The van der Waals surface area contributed by atoms with E-state index in [0.717, 1.165) is 17.2 Å². The number of hydrogen-bond acceptors (Lipinski definition) is 4. The van der Waals surface area contributed by atoms with Crippen LogP contribution in [0.2, 0.25) is 0 Å². The molecule has 1 unspecified atom stereocenters. The smallest absolute Gasteiger partial charge is 0.114 e. The van der Waals surface area contributed by atoms with Gasteiger partial charge in [0.2, 0.25) is 0 Å². The molecule has 5 heteroatoms. The Bertz CT molecular complexity index is 501. The average Bonchev–Trinajstić information content (AvgIpc) is 2.94. The molecule has 1 N–H and O–H groups in total. The van der Waals surface area contributed by atoms with E-state index >= 15 is 0 Å². The fourth-order valence-corrected chi connectivity index (χ4v) is 2.74. The van der Waals surface area contributed by atoms with Crippen LogP contribution in [0.4, 0.5) is 0 Å². The molecule has 0 spiro atoms. The summed E-state index contributed by atoms with van der Waals surface area (Å²) in [5.74, 6) is 0. The van der Waals surface area contributed by atoms with Gasteiger partial charge < -0.3 is 5.32 Å². The summed E-state index contributed by atoms with van der Waals surface area (Å²) in [5.41, 5.74) is 2.26. The van der Waals surface area contributed by atoms with E-state index in [4.69, 9.17) is 0 Å².